The maximum absolute atomic E-state index is 6.41. The molecule has 0 heterocycles. The summed E-state index contributed by atoms with van der Waals surface area (Å²) in [7, 11) is 0. The third kappa shape index (κ3) is 3.81. The molecule has 0 aliphatic rings. The Balaban J connectivity index is 2.06. The third-order valence-corrected chi connectivity index (χ3v) is 5.59. The van der Waals surface area contributed by atoms with Crippen LogP contribution in [-0.4, -0.2) is 0 Å². The van der Waals surface area contributed by atoms with Crippen LogP contribution in [-0.2, 0) is 5.41 Å². The fourth-order valence-corrected chi connectivity index (χ4v) is 4.05. The highest BCUT2D eigenvalue weighted by Crippen LogP contribution is 2.39. The molecule has 0 aliphatic carbocycles. The lowest BCUT2D eigenvalue weighted by Gasteiger charge is -2.31. The number of rotatable bonds is 3. The van der Waals surface area contributed by atoms with Crippen LogP contribution in [0.1, 0.15) is 22.3 Å². The van der Waals surface area contributed by atoms with E-state index in [1.807, 2.05) is 72.8 Å². The molecule has 0 aliphatic heterocycles. The predicted molar refractivity (Wildman–Crippen MR) is 123 cm³/mol. The molecule has 0 atom stereocenters. The minimum atomic E-state index is -0.660. The molecular formula is C27H18Cl2. The van der Waals surface area contributed by atoms with Gasteiger partial charge in [0, 0.05) is 0 Å². The zero-order valence-electron chi connectivity index (χ0n) is 15.6. The zero-order chi connectivity index (χ0) is 20.1. The van der Waals surface area contributed by atoms with E-state index in [9.17, 15) is 0 Å². The molecule has 0 N–H and O–H groups in total. The van der Waals surface area contributed by atoms with Crippen molar-refractivity contribution in [1.82, 2.24) is 0 Å². The van der Waals surface area contributed by atoms with Gasteiger partial charge in [0.05, 0.1) is 15.6 Å². The average molecular weight is 413 g/mol. The number of halogens is 2. The van der Waals surface area contributed by atoms with Crippen LogP contribution in [0.25, 0.3) is 0 Å². The van der Waals surface area contributed by atoms with Gasteiger partial charge in [-0.3, -0.25) is 0 Å². The van der Waals surface area contributed by atoms with Crippen LogP contribution in [0.4, 0.5) is 0 Å². The van der Waals surface area contributed by atoms with Gasteiger partial charge in [0.2, 0.25) is 0 Å². The zero-order valence-corrected chi connectivity index (χ0v) is 17.2. The summed E-state index contributed by atoms with van der Waals surface area (Å²) in [5.74, 6) is 6.86. The van der Waals surface area contributed by atoms with E-state index in [-0.39, 0.29) is 0 Å². The normalized spacial score (nSPS) is 10.8. The maximum atomic E-state index is 6.41. The summed E-state index contributed by atoms with van der Waals surface area (Å²) in [5, 5.41) is 1.10. The lowest BCUT2D eigenvalue weighted by molar-refractivity contribution is 0.809. The molecule has 0 saturated carbocycles. The van der Waals surface area contributed by atoms with Crippen LogP contribution in [0.2, 0.25) is 10.0 Å². The molecule has 0 saturated heterocycles. The van der Waals surface area contributed by atoms with Gasteiger partial charge >= 0.3 is 0 Å². The molecule has 0 unspecified atom stereocenters. The van der Waals surface area contributed by atoms with Gasteiger partial charge in [0.25, 0.3) is 0 Å². The van der Waals surface area contributed by atoms with Crippen LogP contribution >= 0.6 is 23.2 Å². The van der Waals surface area contributed by atoms with Crippen LogP contribution in [0, 0.1) is 11.8 Å². The van der Waals surface area contributed by atoms with Crippen molar-refractivity contribution >= 4 is 23.2 Å². The Kier molecular flexibility index (Phi) is 5.72. The highest BCUT2D eigenvalue weighted by molar-refractivity contribution is 6.36. The van der Waals surface area contributed by atoms with Gasteiger partial charge in [-0.25, -0.2) is 0 Å². The Bertz CT molecular complexity index is 1040. The minimum Gasteiger partial charge on any atom is -0.0829 e. The molecule has 4 aromatic rings. The first-order valence-corrected chi connectivity index (χ1v) is 10.1. The second-order valence-electron chi connectivity index (χ2n) is 6.69. The Labute approximate surface area is 181 Å². The Hall–Kier alpha value is -2.98. The maximum Gasteiger partial charge on any atom is 0.107 e. The van der Waals surface area contributed by atoms with Crippen molar-refractivity contribution in [2.24, 2.45) is 0 Å². The highest BCUT2D eigenvalue weighted by atomic mass is 35.5. The van der Waals surface area contributed by atoms with Gasteiger partial charge in [-0.1, -0.05) is 132 Å². The monoisotopic (exact) mass is 412 g/mol. The Morgan fingerprint density at radius 2 is 0.862 bits per heavy atom. The first kappa shape index (κ1) is 19.3. The summed E-state index contributed by atoms with van der Waals surface area (Å²) in [6.45, 7) is 0. The molecule has 140 valence electrons. The molecule has 0 radical (unpaired) electrons. The summed E-state index contributed by atoms with van der Waals surface area (Å²) in [6.07, 6.45) is 0. The fourth-order valence-electron chi connectivity index (χ4n) is 3.55. The quantitative estimate of drug-likeness (QED) is 0.243. The summed E-state index contributed by atoms with van der Waals surface area (Å²) >= 11 is 12.8. The molecule has 2 heteroatoms. The van der Waals surface area contributed by atoms with Crippen molar-refractivity contribution in [3.05, 3.63) is 141 Å². The molecule has 0 fully saturated rings. The Morgan fingerprint density at radius 1 is 0.483 bits per heavy atom. The first-order chi connectivity index (χ1) is 14.2. The van der Waals surface area contributed by atoms with Crippen molar-refractivity contribution in [3.63, 3.8) is 0 Å². The van der Waals surface area contributed by atoms with Gasteiger partial charge < -0.3 is 0 Å². The predicted octanol–water partition coefficient (Wildman–Crippen LogP) is 7.38. The smallest absolute Gasteiger partial charge is 0.0829 e. The molecule has 0 amide bonds. The molecular weight excluding hydrogens is 395 g/mol. The topological polar surface area (TPSA) is 0 Å². The molecule has 0 spiro atoms. The van der Waals surface area contributed by atoms with Gasteiger partial charge in [0.1, 0.15) is 5.41 Å². The number of benzene rings is 4. The van der Waals surface area contributed by atoms with Gasteiger partial charge in [-0.15, -0.1) is 0 Å². The molecule has 4 rings (SSSR count). The van der Waals surface area contributed by atoms with E-state index in [0.717, 1.165) is 16.7 Å². The van der Waals surface area contributed by atoms with Crippen LogP contribution in [0.15, 0.2) is 109 Å². The molecule has 0 nitrogen and oxygen atoms in total. The van der Waals surface area contributed by atoms with E-state index >= 15 is 0 Å². The van der Waals surface area contributed by atoms with E-state index in [4.69, 9.17) is 23.2 Å². The van der Waals surface area contributed by atoms with Crippen molar-refractivity contribution in [1.29, 1.82) is 0 Å². The van der Waals surface area contributed by atoms with E-state index in [0.29, 0.717) is 15.6 Å². The lowest BCUT2D eigenvalue weighted by Crippen LogP contribution is -2.27. The summed E-state index contributed by atoms with van der Waals surface area (Å²) in [6, 6.07) is 36.4. The first-order valence-electron chi connectivity index (χ1n) is 9.35. The number of hydrogen-bond acceptors (Lipinski definition) is 0. The van der Waals surface area contributed by atoms with Crippen molar-refractivity contribution in [3.8, 4) is 11.8 Å². The SMILES string of the molecule is Clc1cccc(Cl)c1C#CC(c1ccccc1)(c1ccccc1)c1ccccc1. The van der Waals surface area contributed by atoms with Crippen molar-refractivity contribution < 1.29 is 0 Å². The number of hydrogen-bond donors (Lipinski definition) is 0. The Morgan fingerprint density at radius 3 is 1.24 bits per heavy atom. The van der Waals surface area contributed by atoms with Gasteiger partial charge in [0.15, 0.2) is 0 Å². The van der Waals surface area contributed by atoms with Gasteiger partial charge in [-0.05, 0) is 28.8 Å². The van der Waals surface area contributed by atoms with Crippen LogP contribution < -0.4 is 0 Å². The van der Waals surface area contributed by atoms with Crippen molar-refractivity contribution in [2.45, 2.75) is 5.41 Å². The van der Waals surface area contributed by atoms with Crippen molar-refractivity contribution in [2.75, 3.05) is 0 Å². The molecule has 0 bridgehead atoms. The summed E-state index contributed by atoms with van der Waals surface area (Å²) in [5.41, 5.74) is 3.25. The summed E-state index contributed by atoms with van der Waals surface area (Å²) in [4.78, 5) is 0. The lowest BCUT2D eigenvalue weighted by atomic mass is 9.70. The molecule has 4 aromatic carbocycles. The highest BCUT2D eigenvalue weighted by Gasteiger charge is 2.34. The van der Waals surface area contributed by atoms with Crippen LogP contribution in [0.5, 0.6) is 0 Å². The van der Waals surface area contributed by atoms with E-state index in [2.05, 4.69) is 48.2 Å². The largest absolute Gasteiger partial charge is 0.107 e. The third-order valence-electron chi connectivity index (χ3n) is 4.96. The minimum absolute atomic E-state index is 0.549. The second kappa shape index (κ2) is 8.58. The molecule has 0 aromatic heterocycles. The van der Waals surface area contributed by atoms with E-state index < -0.39 is 5.41 Å². The summed E-state index contributed by atoms with van der Waals surface area (Å²) < 4.78 is 0. The average Bonchev–Trinajstić information content (AvgIpc) is 2.78. The van der Waals surface area contributed by atoms with Gasteiger partial charge in [-0.2, -0.15) is 0 Å². The van der Waals surface area contributed by atoms with E-state index in [1.165, 1.54) is 0 Å². The standard InChI is InChI=1S/C27H18Cl2/c28-25-17-10-18-26(29)24(25)19-20-27(21-11-4-1-5-12-21,22-13-6-2-7-14-22)23-15-8-3-9-16-23/h1-18H. The van der Waals surface area contributed by atoms with Crippen LogP contribution in [0.3, 0.4) is 0 Å². The van der Waals surface area contributed by atoms with E-state index in [1.54, 1.807) is 0 Å². The fraction of sp³-hybridized carbons (Fsp3) is 0.0370. The molecule has 29 heavy (non-hydrogen) atoms. The second-order valence-corrected chi connectivity index (χ2v) is 7.51.